The van der Waals surface area contributed by atoms with Crippen LogP contribution in [0.1, 0.15) is 16.7 Å². The normalized spacial score (nSPS) is 11.1. The standard InChI is InChI=1S/C16H12BrF3N2O/c1-22-9-11-7-12(5-6-14(11)17)23-15-10(8-21)3-2-4-13(15)16(18,19)20/h2-7,22H,9H2,1H3. The minimum Gasteiger partial charge on any atom is -0.455 e. The van der Waals surface area contributed by atoms with Gasteiger partial charge in [0.1, 0.15) is 11.8 Å². The first-order valence-electron chi connectivity index (χ1n) is 6.58. The molecule has 0 spiro atoms. The highest BCUT2D eigenvalue weighted by molar-refractivity contribution is 9.10. The van der Waals surface area contributed by atoms with Crippen LogP contribution in [0.15, 0.2) is 40.9 Å². The second kappa shape index (κ2) is 7.02. The lowest BCUT2D eigenvalue weighted by Gasteiger charge is -2.15. The molecule has 2 rings (SSSR count). The van der Waals surface area contributed by atoms with Crippen molar-refractivity contribution in [2.75, 3.05) is 7.05 Å². The van der Waals surface area contributed by atoms with Crippen molar-refractivity contribution >= 4 is 15.9 Å². The second-order valence-corrected chi connectivity index (χ2v) is 5.53. The summed E-state index contributed by atoms with van der Waals surface area (Å²) in [6, 6.07) is 9.94. The topological polar surface area (TPSA) is 45.0 Å². The Balaban J connectivity index is 2.48. The van der Waals surface area contributed by atoms with Gasteiger partial charge in [0.25, 0.3) is 0 Å². The van der Waals surface area contributed by atoms with E-state index in [4.69, 9.17) is 10.00 Å². The lowest BCUT2D eigenvalue weighted by Crippen LogP contribution is -2.09. The summed E-state index contributed by atoms with van der Waals surface area (Å²) in [5, 5.41) is 12.0. The Morgan fingerprint density at radius 1 is 1.26 bits per heavy atom. The fourth-order valence-electron chi connectivity index (χ4n) is 2.02. The molecule has 2 aromatic carbocycles. The number of alkyl halides is 3. The third-order valence-corrected chi connectivity index (χ3v) is 3.82. The number of nitrogens with zero attached hydrogens (tertiary/aromatic N) is 1. The molecule has 0 radical (unpaired) electrons. The zero-order chi connectivity index (χ0) is 17.0. The molecule has 0 heterocycles. The summed E-state index contributed by atoms with van der Waals surface area (Å²) in [7, 11) is 1.76. The van der Waals surface area contributed by atoms with E-state index in [1.54, 1.807) is 25.2 Å². The highest BCUT2D eigenvalue weighted by Gasteiger charge is 2.35. The molecular weight excluding hydrogens is 373 g/mol. The largest absolute Gasteiger partial charge is 0.455 e. The maximum atomic E-state index is 13.1. The Bertz CT molecular complexity index is 754. The Hall–Kier alpha value is -2.04. The third-order valence-electron chi connectivity index (χ3n) is 3.05. The molecule has 0 fully saturated rings. The molecule has 7 heteroatoms. The maximum Gasteiger partial charge on any atom is 0.420 e. The van der Waals surface area contributed by atoms with Gasteiger partial charge in [-0.2, -0.15) is 18.4 Å². The summed E-state index contributed by atoms with van der Waals surface area (Å²) >= 11 is 3.36. The molecule has 0 saturated heterocycles. The van der Waals surface area contributed by atoms with Gasteiger partial charge in [0.2, 0.25) is 0 Å². The minimum absolute atomic E-state index is 0.169. The van der Waals surface area contributed by atoms with E-state index in [0.717, 1.165) is 16.1 Å². The molecule has 3 nitrogen and oxygen atoms in total. The summed E-state index contributed by atoms with van der Waals surface area (Å²) < 4.78 is 45.6. The zero-order valence-corrected chi connectivity index (χ0v) is 13.6. The summed E-state index contributed by atoms with van der Waals surface area (Å²) in [5.41, 5.74) is -0.319. The van der Waals surface area contributed by atoms with E-state index in [1.807, 2.05) is 0 Å². The molecule has 1 N–H and O–H groups in total. The van der Waals surface area contributed by atoms with Crippen LogP contribution in [-0.4, -0.2) is 7.05 Å². The van der Waals surface area contributed by atoms with Crippen LogP contribution in [0.2, 0.25) is 0 Å². The SMILES string of the molecule is CNCc1cc(Oc2c(C#N)cccc2C(F)(F)F)ccc1Br. The fraction of sp³-hybridized carbons (Fsp3) is 0.188. The minimum atomic E-state index is -4.61. The molecule has 0 aliphatic rings. The Labute approximate surface area is 139 Å². The predicted molar refractivity (Wildman–Crippen MR) is 83.1 cm³/mol. The van der Waals surface area contributed by atoms with Crippen molar-refractivity contribution in [1.82, 2.24) is 5.32 Å². The first kappa shape index (κ1) is 17.3. The summed E-state index contributed by atoms with van der Waals surface area (Å²) in [6.45, 7) is 0.518. The number of benzene rings is 2. The number of halogens is 4. The number of nitriles is 1. The van der Waals surface area contributed by atoms with Gasteiger partial charge < -0.3 is 10.1 Å². The highest BCUT2D eigenvalue weighted by atomic mass is 79.9. The Kier molecular flexibility index (Phi) is 5.29. The molecule has 0 aliphatic carbocycles. The smallest absolute Gasteiger partial charge is 0.420 e. The summed E-state index contributed by atoms with van der Waals surface area (Å²) in [5.74, 6) is -0.258. The number of ether oxygens (including phenoxy) is 1. The van der Waals surface area contributed by atoms with Crippen molar-refractivity contribution in [1.29, 1.82) is 5.26 Å². The van der Waals surface area contributed by atoms with Crippen LogP contribution in [0.3, 0.4) is 0 Å². The van der Waals surface area contributed by atoms with Crippen LogP contribution < -0.4 is 10.1 Å². The molecule has 2 aromatic rings. The zero-order valence-electron chi connectivity index (χ0n) is 12.0. The quantitative estimate of drug-likeness (QED) is 0.819. The van der Waals surface area contributed by atoms with Crippen LogP contribution in [0, 0.1) is 11.3 Å². The number of nitrogens with one attached hydrogen (secondary N) is 1. The van der Waals surface area contributed by atoms with Crippen LogP contribution in [0.4, 0.5) is 13.2 Å². The second-order valence-electron chi connectivity index (χ2n) is 4.68. The van der Waals surface area contributed by atoms with Gasteiger partial charge >= 0.3 is 6.18 Å². The van der Waals surface area contributed by atoms with Crippen molar-refractivity contribution in [3.8, 4) is 17.6 Å². The van der Waals surface area contributed by atoms with Gasteiger partial charge in [-0.3, -0.25) is 0 Å². The van der Waals surface area contributed by atoms with Gasteiger partial charge in [0.15, 0.2) is 5.75 Å². The van der Waals surface area contributed by atoms with Crippen molar-refractivity contribution < 1.29 is 17.9 Å². The van der Waals surface area contributed by atoms with Gasteiger partial charge in [-0.15, -0.1) is 0 Å². The lowest BCUT2D eigenvalue weighted by atomic mass is 10.1. The van der Waals surface area contributed by atoms with E-state index in [0.29, 0.717) is 6.54 Å². The van der Waals surface area contributed by atoms with E-state index < -0.39 is 17.5 Å². The number of rotatable bonds is 4. The predicted octanol–water partition coefficient (Wildman–Crippen LogP) is 4.85. The third kappa shape index (κ3) is 4.03. The molecule has 0 amide bonds. The van der Waals surface area contributed by atoms with E-state index in [-0.39, 0.29) is 11.3 Å². The van der Waals surface area contributed by atoms with Crippen LogP contribution >= 0.6 is 15.9 Å². The molecule has 0 aromatic heterocycles. The Morgan fingerprint density at radius 2 is 2.00 bits per heavy atom. The van der Waals surface area contributed by atoms with Gasteiger partial charge in [-0.25, -0.2) is 0 Å². The van der Waals surface area contributed by atoms with Crippen LogP contribution in [0.25, 0.3) is 0 Å². The van der Waals surface area contributed by atoms with Gasteiger partial charge in [0.05, 0.1) is 11.1 Å². The molecule has 0 atom stereocenters. The maximum absolute atomic E-state index is 13.1. The van der Waals surface area contributed by atoms with Crippen molar-refractivity contribution in [3.05, 3.63) is 57.6 Å². The average Bonchev–Trinajstić information content (AvgIpc) is 2.50. The highest BCUT2D eigenvalue weighted by Crippen LogP contribution is 2.40. The molecule has 23 heavy (non-hydrogen) atoms. The summed E-state index contributed by atoms with van der Waals surface area (Å²) in [6.07, 6.45) is -4.61. The van der Waals surface area contributed by atoms with Crippen molar-refractivity contribution in [2.24, 2.45) is 0 Å². The molecule has 0 aliphatic heterocycles. The molecule has 0 saturated carbocycles. The van der Waals surface area contributed by atoms with Crippen LogP contribution in [0.5, 0.6) is 11.5 Å². The van der Waals surface area contributed by atoms with E-state index in [9.17, 15) is 13.2 Å². The van der Waals surface area contributed by atoms with E-state index >= 15 is 0 Å². The first-order valence-corrected chi connectivity index (χ1v) is 7.37. The summed E-state index contributed by atoms with van der Waals surface area (Å²) in [4.78, 5) is 0. The van der Waals surface area contributed by atoms with E-state index in [2.05, 4.69) is 21.2 Å². The lowest BCUT2D eigenvalue weighted by molar-refractivity contribution is -0.138. The van der Waals surface area contributed by atoms with Gasteiger partial charge in [0, 0.05) is 11.0 Å². The molecule has 0 unspecified atom stereocenters. The number of hydrogen-bond acceptors (Lipinski definition) is 3. The van der Waals surface area contributed by atoms with Crippen molar-refractivity contribution in [2.45, 2.75) is 12.7 Å². The average molecular weight is 385 g/mol. The van der Waals surface area contributed by atoms with Gasteiger partial charge in [-0.05, 0) is 42.9 Å². The monoisotopic (exact) mass is 384 g/mol. The van der Waals surface area contributed by atoms with Crippen molar-refractivity contribution in [3.63, 3.8) is 0 Å². The fourth-order valence-corrected chi connectivity index (χ4v) is 2.40. The molecule has 120 valence electrons. The number of para-hydroxylation sites is 1. The molecular formula is C16H12BrF3N2O. The Morgan fingerprint density at radius 3 is 2.61 bits per heavy atom. The van der Waals surface area contributed by atoms with E-state index in [1.165, 1.54) is 18.2 Å². The van der Waals surface area contributed by atoms with Gasteiger partial charge in [-0.1, -0.05) is 22.0 Å². The van der Waals surface area contributed by atoms with Crippen LogP contribution in [-0.2, 0) is 12.7 Å². The first-order chi connectivity index (χ1) is 10.9. The number of hydrogen-bond donors (Lipinski definition) is 1. The molecule has 0 bridgehead atoms.